The van der Waals surface area contributed by atoms with E-state index in [1.807, 2.05) is 36.4 Å². The standard InChI is InChI=1S/C15H12ClN3O/c16-12-3-1-2-10(8-12)9-14-18-19-15(20-14)11-4-6-13(17)7-5-11/h1-8H,9,17H2. The predicted octanol–water partition coefficient (Wildman–Crippen LogP) is 3.56. The highest BCUT2D eigenvalue weighted by Gasteiger charge is 2.09. The van der Waals surface area contributed by atoms with Gasteiger partial charge in [-0.3, -0.25) is 0 Å². The molecule has 0 saturated carbocycles. The second-order valence-corrected chi connectivity index (χ2v) is 4.87. The van der Waals surface area contributed by atoms with Crippen LogP contribution in [0.1, 0.15) is 11.5 Å². The predicted molar refractivity (Wildman–Crippen MR) is 78.4 cm³/mol. The van der Waals surface area contributed by atoms with E-state index in [0.717, 1.165) is 11.1 Å². The van der Waals surface area contributed by atoms with Crippen LogP contribution in [0.4, 0.5) is 5.69 Å². The fourth-order valence-corrected chi connectivity index (χ4v) is 2.10. The van der Waals surface area contributed by atoms with Gasteiger partial charge in [0.15, 0.2) is 0 Å². The van der Waals surface area contributed by atoms with E-state index in [0.29, 0.717) is 28.9 Å². The lowest BCUT2D eigenvalue weighted by Crippen LogP contribution is -1.87. The highest BCUT2D eigenvalue weighted by Crippen LogP contribution is 2.20. The fraction of sp³-hybridized carbons (Fsp3) is 0.0667. The van der Waals surface area contributed by atoms with E-state index in [1.165, 1.54) is 0 Å². The minimum atomic E-state index is 0.488. The van der Waals surface area contributed by atoms with Crippen molar-refractivity contribution in [3.63, 3.8) is 0 Å². The second-order valence-electron chi connectivity index (χ2n) is 4.43. The molecule has 0 bridgehead atoms. The van der Waals surface area contributed by atoms with Crippen LogP contribution in [0, 0.1) is 0 Å². The van der Waals surface area contributed by atoms with Crippen LogP contribution in [-0.4, -0.2) is 10.2 Å². The molecule has 0 saturated heterocycles. The first-order valence-electron chi connectivity index (χ1n) is 6.13. The number of rotatable bonds is 3. The van der Waals surface area contributed by atoms with Gasteiger partial charge >= 0.3 is 0 Å². The summed E-state index contributed by atoms with van der Waals surface area (Å²) in [5.74, 6) is 1.04. The van der Waals surface area contributed by atoms with Crippen molar-refractivity contribution in [2.75, 3.05) is 5.73 Å². The van der Waals surface area contributed by atoms with Crippen molar-refractivity contribution in [1.29, 1.82) is 0 Å². The lowest BCUT2D eigenvalue weighted by molar-refractivity contribution is 0.518. The normalized spacial score (nSPS) is 10.7. The van der Waals surface area contributed by atoms with Gasteiger partial charge in [-0.15, -0.1) is 10.2 Å². The molecule has 100 valence electrons. The number of benzene rings is 2. The Bertz CT molecular complexity index is 722. The number of hydrogen-bond acceptors (Lipinski definition) is 4. The Kier molecular flexibility index (Phi) is 3.39. The number of nitrogens with zero attached hydrogens (tertiary/aromatic N) is 2. The molecule has 4 nitrogen and oxygen atoms in total. The molecule has 20 heavy (non-hydrogen) atoms. The van der Waals surface area contributed by atoms with Gasteiger partial charge in [-0.25, -0.2) is 0 Å². The maximum Gasteiger partial charge on any atom is 0.247 e. The molecule has 0 aliphatic carbocycles. The number of halogens is 1. The molecule has 5 heteroatoms. The highest BCUT2D eigenvalue weighted by atomic mass is 35.5. The minimum absolute atomic E-state index is 0.488. The second kappa shape index (κ2) is 5.35. The van der Waals surface area contributed by atoms with E-state index in [2.05, 4.69) is 10.2 Å². The SMILES string of the molecule is Nc1ccc(-c2nnc(Cc3cccc(Cl)c3)o2)cc1. The zero-order chi connectivity index (χ0) is 13.9. The van der Waals surface area contributed by atoms with Crippen LogP contribution in [0.15, 0.2) is 52.9 Å². The van der Waals surface area contributed by atoms with Crippen LogP contribution in [0.2, 0.25) is 5.02 Å². The molecule has 2 aromatic carbocycles. The summed E-state index contributed by atoms with van der Waals surface area (Å²) >= 11 is 5.95. The van der Waals surface area contributed by atoms with Gasteiger partial charge in [-0.1, -0.05) is 23.7 Å². The van der Waals surface area contributed by atoms with Crippen molar-refractivity contribution in [2.45, 2.75) is 6.42 Å². The fourth-order valence-electron chi connectivity index (χ4n) is 1.89. The molecular formula is C15H12ClN3O. The summed E-state index contributed by atoms with van der Waals surface area (Å²) in [6.45, 7) is 0. The zero-order valence-electron chi connectivity index (χ0n) is 10.6. The van der Waals surface area contributed by atoms with Gasteiger partial charge in [-0.05, 0) is 42.0 Å². The molecule has 3 aromatic rings. The third-order valence-electron chi connectivity index (χ3n) is 2.87. The molecule has 0 aliphatic rings. The summed E-state index contributed by atoms with van der Waals surface area (Å²) < 4.78 is 5.65. The van der Waals surface area contributed by atoms with Gasteiger partial charge in [0.25, 0.3) is 0 Å². The van der Waals surface area contributed by atoms with E-state index >= 15 is 0 Å². The molecule has 1 aromatic heterocycles. The van der Waals surface area contributed by atoms with E-state index in [4.69, 9.17) is 21.8 Å². The Balaban J connectivity index is 1.82. The van der Waals surface area contributed by atoms with Crippen molar-refractivity contribution in [2.24, 2.45) is 0 Å². The van der Waals surface area contributed by atoms with E-state index in [9.17, 15) is 0 Å². The summed E-state index contributed by atoms with van der Waals surface area (Å²) in [4.78, 5) is 0. The smallest absolute Gasteiger partial charge is 0.247 e. The van der Waals surface area contributed by atoms with Crippen molar-refractivity contribution >= 4 is 17.3 Å². The van der Waals surface area contributed by atoms with Crippen LogP contribution < -0.4 is 5.73 Å². The molecule has 0 fully saturated rings. The Hall–Kier alpha value is -2.33. The third-order valence-corrected chi connectivity index (χ3v) is 3.10. The van der Waals surface area contributed by atoms with Gasteiger partial charge in [0.2, 0.25) is 11.8 Å². The van der Waals surface area contributed by atoms with Crippen molar-refractivity contribution < 1.29 is 4.42 Å². The number of nitrogens with two attached hydrogens (primary N) is 1. The number of anilines is 1. The summed E-state index contributed by atoms with van der Waals surface area (Å²) in [5, 5.41) is 8.79. The van der Waals surface area contributed by atoms with Crippen LogP contribution in [-0.2, 0) is 6.42 Å². The number of hydrogen-bond donors (Lipinski definition) is 1. The highest BCUT2D eigenvalue weighted by molar-refractivity contribution is 6.30. The lowest BCUT2D eigenvalue weighted by atomic mass is 10.1. The average Bonchev–Trinajstić information content (AvgIpc) is 2.88. The minimum Gasteiger partial charge on any atom is -0.420 e. The van der Waals surface area contributed by atoms with Crippen molar-refractivity contribution in [1.82, 2.24) is 10.2 Å². The first kappa shape index (κ1) is 12.7. The van der Waals surface area contributed by atoms with E-state index in [1.54, 1.807) is 12.1 Å². The van der Waals surface area contributed by atoms with Crippen LogP contribution in [0.3, 0.4) is 0 Å². The quantitative estimate of drug-likeness (QED) is 0.747. The van der Waals surface area contributed by atoms with E-state index < -0.39 is 0 Å². The molecular weight excluding hydrogens is 274 g/mol. The van der Waals surface area contributed by atoms with Gasteiger partial charge in [0.05, 0.1) is 6.42 Å². The molecule has 0 spiro atoms. The Morgan fingerprint density at radius 2 is 1.85 bits per heavy atom. The van der Waals surface area contributed by atoms with Gasteiger partial charge < -0.3 is 10.2 Å². The average molecular weight is 286 g/mol. The molecule has 2 N–H and O–H groups in total. The Morgan fingerprint density at radius 3 is 2.60 bits per heavy atom. The molecule has 3 rings (SSSR count). The third kappa shape index (κ3) is 2.81. The first-order valence-corrected chi connectivity index (χ1v) is 6.51. The summed E-state index contributed by atoms with van der Waals surface area (Å²) in [6, 6.07) is 14.9. The monoisotopic (exact) mass is 285 g/mol. The molecule has 0 aliphatic heterocycles. The van der Waals surface area contributed by atoms with Crippen molar-refractivity contribution in [3.8, 4) is 11.5 Å². The van der Waals surface area contributed by atoms with Crippen LogP contribution in [0.25, 0.3) is 11.5 Å². The van der Waals surface area contributed by atoms with Gasteiger partial charge in [0.1, 0.15) is 0 Å². The largest absolute Gasteiger partial charge is 0.420 e. The van der Waals surface area contributed by atoms with Crippen molar-refractivity contribution in [3.05, 3.63) is 65.0 Å². The van der Waals surface area contributed by atoms with Gasteiger partial charge in [0, 0.05) is 16.3 Å². The molecule has 0 radical (unpaired) electrons. The Labute approximate surface area is 121 Å². The number of nitrogen functional groups attached to an aromatic ring is 1. The maximum absolute atomic E-state index is 5.95. The topological polar surface area (TPSA) is 64.9 Å². The molecule has 0 atom stereocenters. The summed E-state index contributed by atoms with van der Waals surface area (Å²) in [5.41, 5.74) is 8.23. The maximum atomic E-state index is 5.95. The first-order chi connectivity index (χ1) is 9.70. The molecule has 1 heterocycles. The zero-order valence-corrected chi connectivity index (χ0v) is 11.3. The Morgan fingerprint density at radius 1 is 1.05 bits per heavy atom. The lowest BCUT2D eigenvalue weighted by Gasteiger charge is -1.98. The summed E-state index contributed by atoms with van der Waals surface area (Å²) in [6.07, 6.45) is 0.558. The van der Waals surface area contributed by atoms with Gasteiger partial charge in [-0.2, -0.15) is 0 Å². The van der Waals surface area contributed by atoms with Crippen LogP contribution in [0.5, 0.6) is 0 Å². The molecule has 0 amide bonds. The number of aromatic nitrogens is 2. The van der Waals surface area contributed by atoms with Crippen LogP contribution >= 0.6 is 11.6 Å². The molecule has 0 unspecified atom stereocenters. The summed E-state index contributed by atoms with van der Waals surface area (Å²) in [7, 11) is 0. The van der Waals surface area contributed by atoms with E-state index in [-0.39, 0.29) is 0 Å².